The van der Waals surface area contributed by atoms with Crippen LogP contribution in [-0.4, -0.2) is 29.0 Å². The molecule has 0 fully saturated rings. The van der Waals surface area contributed by atoms with Gasteiger partial charge in [0.15, 0.2) is 5.96 Å². The molecular formula is C11H10BrN5O2. The summed E-state index contributed by atoms with van der Waals surface area (Å²) in [4.78, 5) is 31.9. The number of fused-ring (bicyclic) bond motifs is 1. The standard InChI is InChI=1S/C11H10BrN5O2/c12-7-5(16-11-13-3-4-14-11)1-2-6-8(7)17-10(19)9(18)15-6/h1-2H,3-4H2,(H,15,18)(H,17,19)(H2,13,14,16). The van der Waals surface area contributed by atoms with Crippen molar-refractivity contribution in [1.82, 2.24) is 15.3 Å². The third kappa shape index (κ3) is 2.14. The second-order valence-corrected chi connectivity index (χ2v) is 4.83. The Morgan fingerprint density at radius 2 is 2.00 bits per heavy atom. The van der Waals surface area contributed by atoms with Crippen LogP contribution in [0.3, 0.4) is 0 Å². The van der Waals surface area contributed by atoms with E-state index in [-0.39, 0.29) is 0 Å². The first-order chi connectivity index (χ1) is 9.15. The van der Waals surface area contributed by atoms with Crippen molar-refractivity contribution in [2.24, 2.45) is 4.99 Å². The van der Waals surface area contributed by atoms with Crippen LogP contribution in [0.1, 0.15) is 0 Å². The van der Waals surface area contributed by atoms with Crippen molar-refractivity contribution in [2.45, 2.75) is 0 Å². The fourth-order valence-electron chi connectivity index (χ4n) is 1.86. The number of guanidine groups is 1. The van der Waals surface area contributed by atoms with Crippen LogP contribution in [-0.2, 0) is 0 Å². The minimum Gasteiger partial charge on any atom is -0.354 e. The number of nitrogens with zero attached hydrogens (tertiary/aromatic N) is 1. The molecule has 2 heterocycles. The van der Waals surface area contributed by atoms with Gasteiger partial charge in [0, 0.05) is 6.54 Å². The van der Waals surface area contributed by atoms with Gasteiger partial charge in [0.1, 0.15) is 0 Å². The van der Waals surface area contributed by atoms with Crippen LogP contribution in [0.5, 0.6) is 0 Å². The molecule has 1 aromatic carbocycles. The Hall–Kier alpha value is -2.09. The lowest BCUT2D eigenvalue weighted by atomic mass is 10.2. The molecule has 8 heteroatoms. The van der Waals surface area contributed by atoms with Crippen molar-refractivity contribution in [2.75, 3.05) is 18.4 Å². The van der Waals surface area contributed by atoms with E-state index in [1.54, 1.807) is 12.1 Å². The third-order valence-electron chi connectivity index (χ3n) is 2.76. The van der Waals surface area contributed by atoms with Crippen molar-refractivity contribution >= 4 is 38.6 Å². The molecule has 7 nitrogen and oxygen atoms in total. The summed E-state index contributed by atoms with van der Waals surface area (Å²) in [6.07, 6.45) is 0. The van der Waals surface area contributed by atoms with E-state index in [0.29, 0.717) is 21.5 Å². The average molecular weight is 324 g/mol. The van der Waals surface area contributed by atoms with Gasteiger partial charge in [0.25, 0.3) is 0 Å². The SMILES string of the molecule is O=c1[nH]c2ccc(NC3=NCCN3)c(Br)c2[nH]c1=O. The molecule has 0 saturated heterocycles. The average Bonchev–Trinajstić information content (AvgIpc) is 2.88. The maximum absolute atomic E-state index is 11.4. The number of H-pyrrole nitrogens is 2. The summed E-state index contributed by atoms with van der Waals surface area (Å²) in [5.74, 6) is 0.687. The minimum atomic E-state index is -0.679. The lowest BCUT2D eigenvalue weighted by molar-refractivity contribution is 0.959. The normalized spacial score (nSPS) is 14.3. The molecule has 4 N–H and O–H groups in total. The number of anilines is 1. The summed E-state index contributed by atoms with van der Waals surface area (Å²) in [5, 5.41) is 6.20. The minimum absolute atomic E-state index is 0.535. The van der Waals surface area contributed by atoms with E-state index in [9.17, 15) is 9.59 Å². The zero-order chi connectivity index (χ0) is 13.4. The number of aromatic amines is 2. The van der Waals surface area contributed by atoms with Gasteiger partial charge in [0.05, 0.1) is 27.7 Å². The van der Waals surface area contributed by atoms with Gasteiger partial charge in [-0.2, -0.15) is 0 Å². The van der Waals surface area contributed by atoms with E-state index < -0.39 is 11.1 Å². The summed E-state index contributed by atoms with van der Waals surface area (Å²) >= 11 is 3.41. The van der Waals surface area contributed by atoms with Crippen molar-refractivity contribution < 1.29 is 0 Å². The van der Waals surface area contributed by atoms with Crippen LogP contribution in [0.25, 0.3) is 11.0 Å². The van der Waals surface area contributed by atoms with E-state index in [4.69, 9.17) is 0 Å². The summed E-state index contributed by atoms with van der Waals surface area (Å²) < 4.78 is 0.662. The van der Waals surface area contributed by atoms with E-state index in [0.717, 1.165) is 18.8 Å². The van der Waals surface area contributed by atoms with E-state index in [1.807, 2.05) is 0 Å². The molecule has 1 aromatic heterocycles. The number of aromatic nitrogens is 2. The highest BCUT2D eigenvalue weighted by Gasteiger charge is 2.11. The van der Waals surface area contributed by atoms with Crippen LogP contribution in [0.15, 0.2) is 31.2 Å². The lowest BCUT2D eigenvalue weighted by Crippen LogP contribution is -2.29. The molecule has 1 aliphatic heterocycles. The molecule has 19 heavy (non-hydrogen) atoms. The Kier molecular flexibility index (Phi) is 2.86. The quantitative estimate of drug-likeness (QED) is 0.569. The van der Waals surface area contributed by atoms with Gasteiger partial charge in [0.2, 0.25) is 0 Å². The Bertz CT molecular complexity index is 792. The van der Waals surface area contributed by atoms with Crippen LogP contribution in [0.2, 0.25) is 0 Å². The molecule has 0 radical (unpaired) electrons. The number of hydrogen-bond donors (Lipinski definition) is 4. The zero-order valence-electron chi connectivity index (χ0n) is 9.71. The molecule has 0 saturated carbocycles. The van der Waals surface area contributed by atoms with E-state index in [2.05, 4.69) is 41.5 Å². The first-order valence-electron chi connectivity index (χ1n) is 5.65. The Morgan fingerprint density at radius 3 is 2.74 bits per heavy atom. The third-order valence-corrected chi connectivity index (χ3v) is 3.59. The second-order valence-electron chi connectivity index (χ2n) is 4.04. The van der Waals surface area contributed by atoms with Gasteiger partial charge in [-0.1, -0.05) is 0 Å². The summed E-state index contributed by atoms with van der Waals surface area (Å²) in [5.41, 5.74) is 0.503. The van der Waals surface area contributed by atoms with Crippen molar-refractivity contribution in [3.63, 3.8) is 0 Å². The number of hydrogen-bond acceptors (Lipinski definition) is 5. The summed E-state index contributed by atoms with van der Waals surface area (Å²) in [6, 6.07) is 3.51. The Balaban J connectivity index is 2.12. The number of benzene rings is 1. The molecule has 0 bridgehead atoms. The molecular weight excluding hydrogens is 314 g/mol. The molecule has 0 atom stereocenters. The van der Waals surface area contributed by atoms with Crippen LogP contribution in [0, 0.1) is 0 Å². The van der Waals surface area contributed by atoms with Crippen LogP contribution in [0.4, 0.5) is 5.69 Å². The fraction of sp³-hybridized carbons (Fsp3) is 0.182. The first-order valence-corrected chi connectivity index (χ1v) is 6.44. The number of halogens is 1. The van der Waals surface area contributed by atoms with Gasteiger partial charge in [-0.15, -0.1) is 0 Å². The number of nitrogens with one attached hydrogen (secondary N) is 4. The van der Waals surface area contributed by atoms with Crippen molar-refractivity contribution in [1.29, 1.82) is 0 Å². The van der Waals surface area contributed by atoms with Gasteiger partial charge in [-0.25, -0.2) is 0 Å². The summed E-state index contributed by atoms with van der Waals surface area (Å²) in [7, 11) is 0. The maximum atomic E-state index is 11.4. The molecule has 2 aromatic rings. The predicted molar refractivity (Wildman–Crippen MR) is 76.8 cm³/mol. The van der Waals surface area contributed by atoms with Gasteiger partial charge < -0.3 is 20.6 Å². The second kappa shape index (κ2) is 4.54. The topological polar surface area (TPSA) is 102 Å². The van der Waals surface area contributed by atoms with Gasteiger partial charge in [-0.05, 0) is 28.1 Å². The summed E-state index contributed by atoms with van der Waals surface area (Å²) in [6.45, 7) is 1.54. The highest BCUT2D eigenvalue weighted by atomic mass is 79.9. The van der Waals surface area contributed by atoms with Crippen molar-refractivity contribution in [3.05, 3.63) is 37.3 Å². The molecule has 0 spiro atoms. The molecule has 0 amide bonds. The van der Waals surface area contributed by atoms with Crippen LogP contribution >= 0.6 is 15.9 Å². The van der Waals surface area contributed by atoms with E-state index >= 15 is 0 Å². The Labute approximate surface area is 115 Å². The number of aliphatic imine (C=N–C) groups is 1. The predicted octanol–water partition coefficient (Wildman–Crippen LogP) is 0.350. The Morgan fingerprint density at radius 1 is 1.21 bits per heavy atom. The van der Waals surface area contributed by atoms with Gasteiger partial charge in [-0.3, -0.25) is 14.6 Å². The molecule has 0 aliphatic carbocycles. The highest BCUT2D eigenvalue weighted by Crippen LogP contribution is 2.28. The lowest BCUT2D eigenvalue weighted by Gasteiger charge is -2.10. The van der Waals surface area contributed by atoms with Crippen LogP contribution < -0.4 is 21.8 Å². The van der Waals surface area contributed by atoms with Crippen molar-refractivity contribution in [3.8, 4) is 0 Å². The highest BCUT2D eigenvalue weighted by molar-refractivity contribution is 9.10. The molecule has 3 rings (SSSR count). The fourth-order valence-corrected chi connectivity index (χ4v) is 2.40. The zero-order valence-corrected chi connectivity index (χ0v) is 11.3. The molecule has 0 unspecified atom stereocenters. The monoisotopic (exact) mass is 323 g/mol. The first kappa shape index (κ1) is 12.0. The van der Waals surface area contributed by atoms with Gasteiger partial charge >= 0.3 is 11.1 Å². The molecule has 1 aliphatic rings. The van der Waals surface area contributed by atoms with E-state index in [1.165, 1.54) is 0 Å². The maximum Gasteiger partial charge on any atom is 0.314 e. The largest absolute Gasteiger partial charge is 0.354 e. The smallest absolute Gasteiger partial charge is 0.314 e. The number of rotatable bonds is 1. The molecule has 98 valence electrons.